The van der Waals surface area contributed by atoms with E-state index in [4.69, 9.17) is 0 Å². The Hall–Kier alpha value is -1.03. The first kappa shape index (κ1) is 16.4. The van der Waals surface area contributed by atoms with E-state index in [1.165, 1.54) is 0 Å². The summed E-state index contributed by atoms with van der Waals surface area (Å²) in [7, 11) is 0. The number of aliphatic hydroxyl groups excluding tert-OH is 1. The number of allylic oxidation sites excluding steroid dienone is 1. The molecular formula is C20H27FO3. The monoisotopic (exact) mass is 334 g/mol. The summed E-state index contributed by atoms with van der Waals surface area (Å²) in [6, 6.07) is 0. The highest BCUT2D eigenvalue weighted by molar-refractivity contribution is 5.91. The number of hydrogen-bond acceptors (Lipinski definition) is 3. The fraction of sp³-hybridized carbons (Fsp3) is 0.800. The zero-order valence-electron chi connectivity index (χ0n) is 14.4. The Bertz CT molecular complexity index is 612. The van der Waals surface area contributed by atoms with Gasteiger partial charge in [0.1, 0.15) is 12.3 Å². The summed E-state index contributed by atoms with van der Waals surface area (Å²) in [5, 5.41) is 9.30. The molecule has 4 aliphatic carbocycles. The minimum absolute atomic E-state index is 0.00287. The van der Waals surface area contributed by atoms with Gasteiger partial charge in [-0.05, 0) is 68.3 Å². The highest BCUT2D eigenvalue weighted by Gasteiger charge is 2.63. The number of alkyl halides is 1. The molecule has 3 nitrogen and oxygen atoms in total. The van der Waals surface area contributed by atoms with E-state index >= 15 is 4.39 Å². The van der Waals surface area contributed by atoms with Crippen molar-refractivity contribution >= 4 is 11.6 Å². The van der Waals surface area contributed by atoms with Crippen molar-refractivity contribution in [2.24, 2.45) is 29.1 Å². The number of halogens is 1. The summed E-state index contributed by atoms with van der Waals surface area (Å²) in [5.74, 6) is 0.122. The Morgan fingerprint density at radius 3 is 2.75 bits per heavy atom. The smallest absolute Gasteiger partial charge is 0.161 e. The van der Waals surface area contributed by atoms with Crippen LogP contribution in [0.2, 0.25) is 0 Å². The number of ketones is 2. The molecule has 24 heavy (non-hydrogen) atoms. The van der Waals surface area contributed by atoms with Crippen LogP contribution >= 0.6 is 0 Å². The van der Waals surface area contributed by atoms with Gasteiger partial charge in [0, 0.05) is 18.3 Å². The largest absolute Gasteiger partial charge is 0.389 e. The van der Waals surface area contributed by atoms with Crippen LogP contribution in [0.25, 0.3) is 0 Å². The van der Waals surface area contributed by atoms with Gasteiger partial charge in [-0.15, -0.1) is 0 Å². The SMILES string of the molecule is C[C@]12CC[C@]3(F)[C@H]4CCC(=O)C=C4CC[C@H]3[C@@H]1CC[C@@H]2C(=O)CO. The van der Waals surface area contributed by atoms with Gasteiger partial charge >= 0.3 is 0 Å². The summed E-state index contributed by atoms with van der Waals surface area (Å²) in [6.45, 7) is 1.76. The van der Waals surface area contributed by atoms with Crippen LogP contribution in [0.4, 0.5) is 4.39 Å². The fourth-order valence-corrected chi connectivity index (χ4v) is 6.75. The average Bonchev–Trinajstić information content (AvgIpc) is 2.91. The zero-order chi connectivity index (χ0) is 17.1. The summed E-state index contributed by atoms with van der Waals surface area (Å²) in [4.78, 5) is 23.9. The van der Waals surface area contributed by atoms with E-state index in [1.807, 2.05) is 0 Å². The van der Waals surface area contributed by atoms with Crippen molar-refractivity contribution < 1.29 is 19.1 Å². The molecule has 4 heteroatoms. The second-order valence-electron chi connectivity index (χ2n) is 8.72. The van der Waals surface area contributed by atoms with Crippen LogP contribution in [0.15, 0.2) is 11.6 Å². The van der Waals surface area contributed by atoms with Gasteiger partial charge in [0.25, 0.3) is 0 Å². The van der Waals surface area contributed by atoms with Gasteiger partial charge in [0.15, 0.2) is 11.6 Å². The van der Waals surface area contributed by atoms with E-state index in [1.54, 1.807) is 6.08 Å². The van der Waals surface area contributed by atoms with Crippen molar-refractivity contribution in [3.8, 4) is 0 Å². The Labute approximate surface area is 142 Å². The molecule has 0 spiro atoms. The molecule has 4 rings (SSSR count). The molecule has 3 saturated carbocycles. The van der Waals surface area contributed by atoms with Gasteiger partial charge in [-0.2, -0.15) is 0 Å². The zero-order valence-corrected chi connectivity index (χ0v) is 14.4. The molecule has 0 amide bonds. The molecule has 0 aromatic carbocycles. The lowest BCUT2D eigenvalue weighted by Gasteiger charge is -2.57. The number of hydrogen-bond donors (Lipinski definition) is 1. The molecule has 6 atom stereocenters. The fourth-order valence-electron chi connectivity index (χ4n) is 6.75. The van der Waals surface area contributed by atoms with Crippen LogP contribution in [0.1, 0.15) is 58.3 Å². The van der Waals surface area contributed by atoms with Crippen LogP contribution in [0, 0.1) is 29.1 Å². The molecule has 0 aromatic rings. The van der Waals surface area contributed by atoms with E-state index in [2.05, 4.69) is 6.92 Å². The molecule has 0 aromatic heterocycles. The minimum Gasteiger partial charge on any atom is -0.389 e. The van der Waals surface area contributed by atoms with Crippen molar-refractivity contribution in [1.82, 2.24) is 0 Å². The Balaban J connectivity index is 1.66. The maximum absolute atomic E-state index is 16.2. The van der Waals surface area contributed by atoms with E-state index in [-0.39, 0.29) is 40.7 Å². The molecule has 4 aliphatic rings. The van der Waals surface area contributed by atoms with Gasteiger partial charge in [0.05, 0.1) is 0 Å². The Kier molecular flexibility index (Phi) is 3.76. The second-order valence-corrected chi connectivity index (χ2v) is 8.72. The topological polar surface area (TPSA) is 54.4 Å². The van der Waals surface area contributed by atoms with E-state index in [9.17, 15) is 14.7 Å². The second kappa shape index (κ2) is 5.48. The molecule has 0 saturated heterocycles. The summed E-state index contributed by atoms with van der Waals surface area (Å²) < 4.78 is 16.2. The molecule has 0 heterocycles. The molecule has 0 radical (unpaired) electrons. The maximum atomic E-state index is 16.2. The van der Waals surface area contributed by atoms with Gasteiger partial charge in [-0.25, -0.2) is 4.39 Å². The minimum atomic E-state index is -1.20. The number of fused-ring (bicyclic) bond motifs is 5. The van der Waals surface area contributed by atoms with Gasteiger partial charge in [-0.1, -0.05) is 12.5 Å². The standard InChI is InChI=1S/C20H27FO3/c1-19-8-9-20(21)14-5-3-13(23)10-12(14)2-4-16(20)15(19)6-7-17(19)18(24)11-22/h10,14-17,22H,2-9,11H2,1H3/t14-,15-,16-,17+,19-,20-/m0/s1. The third-order valence-corrected chi connectivity index (χ3v) is 7.90. The number of carbonyl (C=O) groups excluding carboxylic acids is 2. The molecule has 3 fully saturated rings. The van der Waals surface area contributed by atoms with Crippen molar-refractivity contribution in [3.05, 3.63) is 11.6 Å². The summed E-state index contributed by atoms with van der Waals surface area (Å²) >= 11 is 0. The van der Waals surface area contributed by atoms with Gasteiger partial charge in [-0.3, -0.25) is 9.59 Å². The van der Waals surface area contributed by atoms with Crippen molar-refractivity contribution in [3.63, 3.8) is 0 Å². The number of rotatable bonds is 2. The number of aliphatic hydroxyl groups is 1. The first-order valence-corrected chi connectivity index (χ1v) is 9.46. The van der Waals surface area contributed by atoms with Crippen LogP contribution in [0.3, 0.4) is 0 Å². The van der Waals surface area contributed by atoms with Crippen molar-refractivity contribution in [2.45, 2.75) is 64.0 Å². The van der Waals surface area contributed by atoms with Crippen molar-refractivity contribution in [1.29, 1.82) is 0 Å². The molecule has 1 N–H and O–H groups in total. The van der Waals surface area contributed by atoms with E-state index < -0.39 is 12.3 Å². The predicted octanol–water partition coefficient (Wildman–Crippen LogP) is 3.40. The molecule has 132 valence electrons. The normalized spacial score (nSPS) is 47.5. The summed E-state index contributed by atoms with van der Waals surface area (Å²) in [6.07, 6.45) is 7.37. The maximum Gasteiger partial charge on any atom is 0.161 e. The molecular weight excluding hydrogens is 307 g/mol. The first-order chi connectivity index (χ1) is 11.4. The number of Topliss-reactive ketones (excluding diaryl/α,β-unsaturated/α-hetero) is 1. The van der Waals surface area contributed by atoms with E-state index in [0.29, 0.717) is 19.3 Å². The van der Waals surface area contributed by atoms with Crippen LogP contribution in [-0.4, -0.2) is 28.9 Å². The predicted molar refractivity (Wildman–Crippen MR) is 88.0 cm³/mol. The first-order valence-electron chi connectivity index (χ1n) is 9.46. The van der Waals surface area contributed by atoms with Crippen LogP contribution in [-0.2, 0) is 9.59 Å². The third kappa shape index (κ3) is 2.11. The van der Waals surface area contributed by atoms with Crippen LogP contribution in [0.5, 0.6) is 0 Å². The lowest BCUT2D eigenvalue weighted by Crippen LogP contribution is -2.56. The van der Waals surface area contributed by atoms with Crippen LogP contribution < -0.4 is 0 Å². The lowest BCUT2D eigenvalue weighted by atomic mass is 9.49. The third-order valence-electron chi connectivity index (χ3n) is 7.90. The van der Waals surface area contributed by atoms with E-state index in [0.717, 1.165) is 37.7 Å². The summed E-state index contributed by atoms with van der Waals surface area (Å²) in [5.41, 5.74) is -0.327. The highest BCUT2D eigenvalue weighted by Crippen LogP contribution is 2.66. The van der Waals surface area contributed by atoms with Gasteiger partial charge in [0.2, 0.25) is 0 Å². The Morgan fingerprint density at radius 1 is 1.21 bits per heavy atom. The lowest BCUT2D eigenvalue weighted by molar-refractivity contribution is -0.139. The van der Waals surface area contributed by atoms with Gasteiger partial charge < -0.3 is 5.11 Å². The molecule has 0 aliphatic heterocycles. The average molecular weight is 334 g/mol. The highest BCUT2D eigenvalue weighted by atomic mass is 19.1. The molecule has 0 unspecified atom stereocenters. The van der Waals surface area contributed by atoms with Crippen molar-refractivity contribution in [2.75, 3.05) is 6.61 Å². The molecule has 0 bridgehead atoms. The Morgan fingerprint density at radius 2 is 2.00 bits per heavy atom. The quantitative estimate of drug-likeness (QED) is 0.842. The number of carbonyl (C=O) groups is 2.